The maximum absolute atomic E-state index is 10.9. The monoisotopic (exact) mass is 328 g/mol. The molecule has 23 heavy (non-hydrogen) atoms. The number of carbonyl (C=O) groups excluding carboxylic acids is 3. The molecule has 3 amide bonds. The molecule has 0 radical (unpaired) electrons. The minimum absolute atomic E-state index is 0.0417. The van der Waals surface area contributed by atoms with E-state index in [2.05, 4.69) is 20.4 Å². The normalized spacial score (nSPS) is 9.09. The van der Waals surface area contributed by atoms with Crippen LogP contribution in [0.2, 0.25) is 0 Å². The number of anilines is 3. The first kappa shape index (κ1) is 19.8. The third kappa shape index (κ3) is 11.1. The fraction of sp³-hybridized carbons (Fsp3) is 0.400. The number of nitrogens with two attached hydrogens (primary N) is 4. The predicted molar refractivity (Wildman–Crippen MR) is 81.2 cm³/mol. The highest BCUT2D eigenvalue weighted by atomic mass is 16.2. The number of hydrazine groups is 2. The Balaban J connectivity index is 0.000000459. The molecule has 128 valence electrons. The molecule has 13 heteroatoms. The van der Waals surface area contributed by atoms with E-state index >= 15 is 0 Å². The van der Waals surface area contributed by atoms with Crippen molar-refractivity contribution in [1.82, 2.24) is 31.2 Å². The van der Waals surface area contributed by atoms with Crippen LogP contribution in [0.1, 0.15) is 25.7 Å². The lowest BCUT2D eigenvalue weighted by atomic mass is 10.2. The summed E-state index contributed by atoms with van der Waals surface area (Å²) in [4.78, 5) is 41.7. The van der Waals surface area contributed by atoms with Gasteiger partial charge in [-0.25, -0.2) is 5.84 Å². The summed E-state index contributed by atoms with van der Waals surface area (Å²) in [6.45, 7) is 0. The number of hydrogen-bond donors (Lipinski definition) is 7. The first-order valence-corrected chi connectivity index (χ1v) is 6.39. The molecule has 0 aliphatic carbocycles. The van der Waals surface area contributed by atoms with Crippen molar-refractivity contribution in [2.45, 2.75) is 25.7 Å². The summed E-state index contributed by atoms with van der Waals surface area (Å²) in [6.07, 6.45) is 2.08. The van der Waals surface area contributed by atoms with Crippen LogP contribution < -0.4 is 39.3 Å². The number of rotatable bonds is 7. The van der Waals surface area contributed by atoms with Crippen molar-refractivity contribution in [3.63, 3.8) is 0 Å². The molecule has 13 nitrogen and oxygen atoms in total. The van der Waals surface area contributed by atoms with E-state index in [9.17, 15) is 14.4 Å². The average molecular weight is 328 g/mol. The van der Waals surface area contributed by atoms with Gasteiger partial charge in [-0.15, -0.1) is 0 Å². The Morgan fingerprint density at radius 3 is 1.74 bits per heavy atom. The lowest BCUT2D eigenvalue weighted by molar-refractivity contribution is -0.125. The minimum Gasteiger partial charge on any atom is -0.368 e. The topological polar surface area (TPSA) is 230 Å². The van der Waals surface area contributed by atoms with Crippen LogP contribution in [0, 0.1) is 0 Å². The Hall–Kier alpha value is -3.22. The molecule has 0 aromatic carbocycles. The standard InChI is InChI=1S/C7H14N4O3.C3H6N6/c8-10-6(13)3-1-2-4-7(14)11-9-5-12;4-1-7-2(5)9-3(6)8-1/h5H,1-4,8H2,(H,9,12)(H,10,13)(H,11,14);(H6,4,5,6,7,8,9). The first-order valence-electron chi connectivity index (χ1n) is 6.39. The highest BCUT2D eigenvalue weighted by Crippen LogP contribution is 1.99. The summed E-state index contributed by atoms with van der Waals surface area (Å²) in [6, 6.07) is 0. The fourth-order valence-electron chi connectivity index (χ4n) is 1.24. The maximum Gasteiger partial charge on any atom is 0.238 e. The quantitative estimate of drug-likeness (QED) is 0.0877. The van der Waals surface area contributed by atoms with Gasteiger partial charge in [0, 0.05) is 12.8 Å². The molecule has 0 spiro atoms. The van der Waals surface area contributed by atoms with E-state index in [1.807, 2.05) is 10.9 Å². The van der Waals surface area contributed by atoms with Gasteiger partial charge in [0.25, 0.3) is 0 Å². The highest BCUT2D eigenvalue weighted by Gasteiger charge is 2.01. The van der Waals surface area contributed by atoms with Crippen molar-refractivity contribution in [3.8, 4) is 0 Å². The van der Waals surface area contributed by atoms with Crippen molar-refractivity contribution in [3.05, 3.63) is 0 Å². The summed E-state index contributed by atoms with van der Waals surface area (Å²) in [5.74, 6) is 4.44. The van der Waals surface area contributed by atoms with E-state index in [1.54, 1.807) is 0 Å². The average Bonchev–Trinajstić information content (AvgIpc) is 2.48. The largest absolute Gasteiger partial charge is 0.368 e. The lowest BCUT2D eigenvalue weighted by Gasteiger charge is -2.02. The summed E-state index contributed by atoms with van der Waals surface area (Å²) in [5, 5.41) is 0. The van der Waals surface area contributed by atoms with Gasteiger partial charge < -0.3 is 17.2 Å². The molecule has 0 saturated heterocycles. The molecular formula is C10H20N10O3. The number of nitrogens with zero attached hydrogens (tertiary/aromatic N) is 3. The molecule has 1 heterocycles. The van der Waals surface area contributed by atoms with Crippen molar-refractivity contribution in [2.24, 2.45) is 5.84 Å². The molecule has 0 fully saturated rings. The summed E-state index contributed by atoms with van der Waals surface area (Å²) in [7, 11) is 0. The molecule has 11 N–H and O–H groups in total. The maximum atomic E-state index is 10.9. The molecule has 0 aliphatic heterocycles. The Bertz CT molecular complexity index is 473. The summed E-state index contributed by atoms with van der Waals surface area (Å²) >= 11 is 0. The second-order valence-electron chi connectivity index (χ2n) is 3.99. The van der Waals surface area contributed by atoms with E-state index in [1.165, 1.54) is 0 Å². The molecule has 0 unspecified atom stereocenters. The minimum atomic E-state index is -0.287. The summed E-state index contributed by atoms with van der Waals surface area (Å²) < 4.78 is 0. The van der Waals surface area contributed by atoms with Crippen molar-refractivity contribution >= 4 is 36.1 Å². The SMILES string of the molecule is NNC(=O)CCCCC(=O)NNC=O.Nc1nc(N)nc(N)n1. The summed E-state index contributed by atoms with van der Waals surface area (Å²) in [5.41, 5.74) is 21.6. The van der Waals surface area contributed by atoms with Gasteiger partial charge in [0.1, 0.15) is 0 Å². The van der Waals surface area contributed by atoms with Gasteiger partial charge in [0.15, 0.2) is 0 Å². The van der Waals surface area contributed by atoms with E-state index in [4.69, 9.17) is 23.0 Å². The van der Waals surface area contributed by atoms with Gasteiger partial charge in [-0.1, -0.05) is 0 Å². The Morgan fingerprint density at radius 2 is 1.35 bits per heavy atom. The van der Waals surface area contributed by atoms with E-state index in [0.717, 1.165) is 0 Å². The zero-order valence-electron chi connectivity index (χ0n) is 12.3. The van der Waals surface area contributed by atoms with Crippen LogP contribution in [0.25, 0.3) is 0 Å². The van der Waals surface area contributed by atoms with Gasteiger partial charge in [-0.05, 0) is 12.8 Å². The van der Waals surface area contributed by atoms with Crippen molar-refractivity contribution in [1.29, 1.82) is 0 Å². The van der Waals surface area contributed by atoms with Gasteiger partial charge in [0.2, 0.25) is 36.1 Å². The lowest BCUT2D eigenvalue weighted by Crippen LogP contribution is -2.36. The fourth-order valence-corrected chi connectivity index (χ4v) is 1.24. The van der Waals surface area contributed by atoms with Crippen LogP contribution in [0.4, 0.5) is 17.8 Å². The van der Waals surface area contributed by atoms with E-state index in [0.29, 0.717) is 25.7 Å². The van der Waals surface area contributed by atoms with Gasteiger partial charge >= 0.3 is 0 Å². The van der Waals surface area contributed by atoms with Crippen LogP contribution >= 0.6 is 0 Å². The molecule has 1 aromatic heterocycles. The Morgan fingerprint density at radius 1 is 0.913 bits per heavy atom. The second-order valence-corrected chi connectivity index (χ2v) is 3.99. The smallest absolute Gasteiger partial charge is 0.238 e. The number of hydrogen-bond acceptors (Lipinski definition) is 10. The zero-order valence-corrected chi connectivity index (χ0v) is 12.3. The molecule has 0 atom stereocenters. The Kier molecular flexibility index (Phi) is 9.84. The predicted octanol–water partition coefficient (Wildman–Crippen LogP) is -3.07. The second kappa shape index (κ2) is 11.4. The number of nitrogen functional groups attached to an aromatic ring is 3. The first-order chi connectivity index (χ1) is 10.9. The van der Waals surface area contributed by atoms with E-state index < -0.39 is 0 Å². The van der Waals surface area contributed by atoms with Crippen LogP contribution in [0.5, 0.6) is 0 Å². The Labute approximate surface area is 131 Å². The zero-order chi connectivity index (χ0) is 17.7. The van der Waals surface area contributed by atoms with Gasteiger partial charge in [0.05, 0.1) is 0 Å². The van der Waals surface area contributed by atoms with Crippen LogP contribution in [0.3, 0.4) is 0 Å². The van der Waals surface area contributed by atoms with E-state index in [-0.39, 0.29) is 36.1 Å². The molecule has 0 saturated carbocycles. The van der Waals surface area contributed by atoms with Crippen LogP contribution in [-0.4, -0.2) is 33.2 Å². The number of aromatic nitrogens is 3. The molecule has 1 rings (SSSR count). The van der Waals surface area contributed by atoms with Crippen LogP contribution in [-0.2, 0) is 14.4 Å². The molecule has 0 aliphatic rings. The highest BCUT2D eigenvalue weighted by molar-refractivity contribution is 5.77. The van der Waals surface area contributed by atoms with Gasteiger partial charge in [-0.2, -0.15) is 15.0 Å². The molecule has 0 bridgehead atoms. The van der Waals surface area contributed by atoms with Gasteiger partial charge in [-0.3, -0.25) is 30.7 Å². The third-order valence-corrected chi connectivity index (χ3v) is 2.18. The van der Waals surface area contributed by atoms with Crippen molar-refractivity contribution < 1.29 is 14.4 Å². The number of amides is 3. The number of carbonyl (C=O) groups is 3. The van der Waals surface area contributed by atoms with Crippen LogP contribution in [0.15, 0.2) is 0 Å². The number of unbranched alkanes of at least 4 members (excludes halogenated alkanes) is 1. The third-order valence-electron chi connectivity index (χ3n) is 2.18. The van der Waals surface area contributed by atoms with Crippen molar-refractivity contribution in [2.75, 3.05) is 17.2 Å². The molecule has 1 aromatic rings. The molecular weight excluding hydrogens is 308 g/mol. The number of nitrogens with one attached hydrogen (secondary N) is 3.